The van der Waals surface area contributed by atoms with Crippen LogP contribution >= 0.6 is 5.50 Å². The fourth-order valence-electron chi connectivity index (χ4n) is 2.10. The summed E-state index contributed by atoms with van der Waals surface area (Å²) in [5.41, 5.74) is -3.58. The summed E-state index contributed by atoms with van der Waals surface area (Å²) in [4.78, 5) is 12.1. The molecule has 0 aliphatic rings. The summed E-state index contributed by atoms with van der Waals surface area (Å²) in [5.74, 6) is -12.9. The van der Waals surface area contributed by atoms with Crippen LogP contribution in [0.4, 0.5) is 22.0 Å². The first-order chi connectivity index (χ1) is 13.9. The van der Waals surface area contributed by atoms with Gasteiger partial charge in [0, 0.05) is 0 Å². The Hall–Kier alpha value is -1.76. The van der Waals surface area contributed by atoms with E-state index in [2.05, 4.69) is 5.09 Å². The third-order valence-corrected chi connectivity index (χ3v) is 7.73. The molecule has 0 radical (unpaired) electrons. The van der Waals surface area contributed by atoms with Crippen molar-refractivity contribution < 1.29 is 59.3 Å². The second-order valence-electron chi connectivity index (χ2n) is 6.23. The molecule has 2 aromatic carbocycles. The van der Waals surface area contributed by atoms with Crippen molar-refractivity contribution in [2.24, 2.45) is 0 Å². The summed E-state index contributed by atoms with van der Waals surface area (Å²) in [5, 5.41) is 2.66. The van der Waals surface area contributed by atoms with E-state index in [9.17, 15) is 26.7 Å². The number of carbonyl (C=O) groups is 1. The van der Waals surface area contributed by atoms with Gasteiger partial charge in [0.2, 0.25) is 0 Å². The van der Waals surface area contributed by atoms with Gasteiger partial charge < -0.3 is 0 Å². The molecule has 30 heavy (non-hydrogen) atoms. The Morgan fingerprint density at radius 1 is 0.900 bits per heavy atom. The maximum absolute atomic E-state index is 14.1. The van der Waals surface area contributed by atoms with Crippen molar-refractivity contribution in [2.75, 3.05) is 0 Å². The van der Waals surface area contributed by atoms with Gasteiger partial charge in [-0.1, -0.05) is 0 Å². The summed E-state index contributed by atoms with van der Waals surface area (Å²) >= 11 is 0.425. The molecule has 0 amide bonds. The van der Waals surface area contributed by atoms with E-state index in [4.69, 9.17) is 13.8 Å². The van der Waals surface area contributed by atoms with Crippen LogP contribution in [0.3, 0.4) is 0 Å². The zero-order valence-electron chi connectivity index (χ0n) is 15.9. The number of halogens is 5. The Labute approximate surface area is 179 Å². The third kappa shape index (κ3) is 5.90. The summed E-state index contributed by atoms with van der Waals surface area (Å²) in [6.07, 6.45) is -0.440. The average molecular weight is 621 g/mol. The van der Waals surface area contributed by atoms with Crippen LogP contribution in [0, 0.1) is 29.1 Å². The van der Waals surface area contributed by atoms with Gasteiger partial charge in [-0.25, -0.2) is 0 Å². The van der Waals surface area contributed by atoms with Gasteiger partial charge in [-0.05, 0) is 0 Å². The van der Waals surface area contributed by atoms with Gasteiger partial charge >= 0.3 is 180 Å². The molecule has 0 aliphatic heterocycles. The molecule has 1 unspecified atom stereocenters. The zero-order valence-corrected chi connectivity index (χ0v) is 19.7. The van der Waals surface area contributed by atoms with Crippen molar-refractivity contribution in [3.63, 3.8) is 0 Å². The van der Waals surface area contributed by atoms with E-state index in [1.165, 1.54) is 19.1 Å². The van der Waals surface area contributed by atoms with Gasteiger partial charge in [-0.3, -0.25) is 0 Å². The number of nitrogens with one attached hydrogen (secondary N) is 1. The molecule has 0 aromatic heterocycles. The van der Waals surface area contributed by atoms with E-state index in [0.29, 0.717) is 18.8 Å². The fourth-order valence-corrected chi connectivity index (χ4v) is 7.06. The van der Waals surface area contributed by atoms with Crippen LogP contribution in [0.15, 0.2) is 30.3 Å². The summed E-state index contributed by atoms with van der Waals surface area (Å²) in [7, 11) is 0. The first-order valence-electron chi connectivity index (χ1n) is 8.49. The molecule has 1 N–H and O–H groups in total. The first kappa shape index (κ1) is 24.5. The number of para-hydroxylation sites is 1. The van der Waals surface area contributed by atoms with Crippen LogP contribution in [-0.2, 0) is 28.3 Å². The molecular weight excluding hydrogens is 604 g/mol. The number of ether oxygens (including phenoxy) is 1. The van der Waals surface area contributed by atoms with Gasteiger partial charge in [0.15, 0.2) is 0 Å². The minimum absolute atomic E-state index is 0.196. The van der Waals surface area contributed by atoms with Crippen LogP contribution in [0.1, 0.15) is 20.8 Å². The number of carbonyl (C=O) groups excluding carboxylic acids is 1. The van der Waals surface area contributed by atoms with Gasteiger partial charge in [0.05, 0.1) is 0 Å². The fraction of sp³-hybridized carbons (Fsp3) is 0.278. The summed E-state index contributed by atoms with van der Waals surface area (Å²) in [6, 6.07) is 6.81. The molecule has 0 fully saturated rings. The minimum atomic E-state index is -3.58. The van der Waals surface area contributed by atoms with Crippen LogP contribution in [-0.4, -0.2) is 18.1 Å². The zero-order chi connectivity index (χ0) is 22.6. The predicted molar refractivity (Wildman–Crippen MR) is 94.7 cm³/mol. The number of rotatable bonds is 8. The Balaban J connectivity index is 2.45. The van der Waals surface area contributed by atoms with E-state index in [1.54, 1.807) is 32.0 Å². The first-order valence-corrected chi connectivity index (χ1v) is 14.0. The van der Waals surface area contributed by atoms with Crippen molar-refractivity contribution in [3.8, 4) is 11.5 Å². The van der Waals surface area contributed by atoms with Crippen molar-refractivity contribution in [3.05, 3.63) is 59.4 Å². The van der Waals surface area contributed by atoms with E-state index >= 15 is 0 Å². The van der Waals surface area contributed by atoms with Crippen molar-refractivity contribution in [1.82, 2.24) is 5.09 Å². The molecule has 12 heteroatoms. The van der Waals surface area contributed by atoms with Crippen LogP contribution in [0.2, 0.25) is 0 Å². The van der Waals surface area contributed by atoms with Crippen molar-refractivity contribution >= 4 is 11.5 Å². The SMILES string of the molecule is CC(C)OC(=O)[C@@H](C)N[P](=[W])(Oc1ccccc1)Oc1c(F)c(F)c(F)c(F)c1F. The normalized spacial score (nSPS) is 14.2. The van der Waals surface area contributed by atoms with E-state index in [-0.39, 0.29) is 5.75 Å². The number of hydrogen-bond donors (Lipinski definition) is 1. The van der Waals surface area contributed by atoms with Crippen LogP contribution < -0.4 is 14.1 Å². The average Bonchev–Trinajstić information content (AvgIpc) is 2.68. The van der Waals surface area contributed by atoms with Crippen LogP contribution in [0.5, 0.6) is 11.5 Å². The molecular formula is C18H17F5NO4PW. The second kappa shape index (κ2) is 10.0. The molecule has 0 bridgehead atoms. The number of hydrogen-bond acceptors (Lipinski definition) is 5. The molecule has 0 heterocycles. The molecule has 0 spiro atoms. The molecule has 2 rings (SSSR count). The second-order valence-corrected chi connectivity index (χ2v) is 13.0. The monoisotopic (exact) mass is 621 g/mol. The topological polar surface area (TPSA) is 56.8 Å². The molecule has 2 aromatic rings. The molecule has 0 saturated heterocycles. The van der Waals surface area contributed by atoms with E-state index < -0.39 is 58.5 Å². The standard InChI is InChI=1S/C18H17F5NO4P.W/c1-9(2)26-18(25)10(3)24-29(27-11-7-5-4-6-8-11)28-17-15(22)13(20)12(19)14(21)16(17)23;/h4-10,24H,1-3H3;/t10-,29?;/m1./s1. The number of esters is 1. The van der Waals surface area contributed by atoms with E-state index in [1.807, 2.05) is 0 Å². The van der Waals surface area contributed by atoms with Crippen molar-refractivity contribution in [1.29, 1.82) is 0 Å². The quantitative estimate of drug-likeness (QED) is 0.148. The predicted octanol–water partition coefficient (Wildman–Crippen LogP) is 4.99. The summed E-state index contributed by atoms with van der Waals surface area (Å²) in [6.45, 7) is 4.63. The maximum atomic E-state index is 14.1. The molecule has 164 valence electrons. The molecule has 2 atom stereocenters. The van der Waals surface area contributed by atoms with Gasteiger partial charge in [0.1, 0.15) is 0 Å². The summed E-state index contributed by atoms with van der Waals surface area (Å²) < 4.78 is 84.8. The molecule has 0 saturated carbocycles. The Kier molecular flexibility index (Phi) is 8.19. The Bertz CT molecular complexity index is 948. The van der Waals surface area contributed by atoms with Crippen LogP contribution in [0.25, 0.3) is 0 Å². The Morgan fingerprint density at radius 3 is 1.90 bits per heavy atom. The van der Waals surface area contributed by atoms with Gasteiger partial charge in [-0.15, -0.1) is 0 Å². The van der Waals surface area contributed by atoms with E-state index in [0.717, 1.165) is 0 Å². The third-order valence-electron chi connectivity index (χ3n) is 3.41. The van der Waals surface area contributed by atoms with Gasteiger partial charge in [-0.2, -0.15) is 0 Å². The van der Waals surface area contributed by atoms with Crippen molar-refractivity contribution in [2.45, 2.75) is 32.9 Å². The molecule has 0 aliphatic carbocycles. The Morgan fingerprint density at radius 2 is 1.40 bits per heavy atom. The van der Waals surface area contributed by atoms with Gasteiger partial charge in [0.25, 0.3) is 0 Å². The molecule has 5 nitrogen and oxygen atoms in total. The number of benzene rings is 2.